The minimum Gasteiger partial charge on any atom is -0.497 e. The van der Waals surface area contributed by atoms with Gasteiger partial charge in [-0.15, -0.1) is 11.3 Å². The Balaban J connectivity index is 1.41. The van der Waals surface area contributed by atoms with E-state index in [4.69, 9.17) is 21.1 Å². The number of ether oxygens (including phenoxy) is 2. The summed E-state index contributed by atoms with van der Waals surface area (Å²) >= 11 is 7.39. The monoisotopic (exact) mass is 468 g/mol. The number of carbonyl (C=O) groups is 1. The van der Waals surface area contributed by atoms with Gasteiger partial charge in [-0.3, -0.25) is 4.79 Å². The maximum absolute atomic E-state index is 13.9. The Hall–Kier alpha value is -3.42. The van der Waals surface area contributed by atoms with E-state index in [0.717, 1.165) is 5.56 Å². The number of thiazole rings is 1. The molecule has 0 aliphatic heterocycles. The van der Waals surface area contributed by atoms with Crippen LogP contribution in [0.5, 0.6) is 11.5 Å². The third-order valence-electron chi connectivity index (χ3n) is 4.61. The summed E-state index contributed by atoms with van der Waals surface area (Å²) in [6.07, 6.45) is 0. The molecule has 0 bridgehead atoms. The summed E-state index contributed by atoms with van der Waals surface area (Å²) in [6, 6.07) is 18.8. The lowest BCUT2D eigenvalue weighted by molar-refractivity contribution is 0.102. The van der Waals surface area contributed by atoms with Crippen LogP contribution in [0.15, 0.2) is 72.1 Å². The van der Waals surface area contributed by atoms with Gasteiger partial charge in [0.1, 0.15) is 34.6 Å². The molecule has 0 aliphatic rings. The van der Waals surface area contributed by atoms with Crippen molar-refractivity contribution in [2.24, 2.45) is 0 Å². The smallest absolute Gasteiger partial charge is 0.275 e. The molecule has 0 atom stereocenters. The molecule has 8 heteroatoms. The zero-order valence-corrected chi connectivity index (χ0v) is 18.5. The van der Waals surface area contributed by atoms with E-state index in [0.29, 0.717) is 38.5 Å². The first-order valence-electron chi connectivity index (χ1n) is 9.60. The summed E-state index contributed by atoms with van der Waals surface area (Å²) in [5.74, 6) is 0.515. The molecule has 5 nitrogen and oxygen atoms in total. The Morgan fingerprint density at radius 3 is 2.62 bits per heavy atom. The molecule has 0 unspecified atom stereocenters. The number of halogens is 2. The van der Waals surface area contributed by atoms with Crippen LogP contribution in [-0.2, 0) is 6.61 Å². The summed E-state index contributed by atoms with van der Waals surface area (Å²) in [5, 5.41) is 5.54. The molecule has 1 N–H and O–H groups in total. The van der Waals surface area contributed by atoms with E-state index in [1.54, 1.807) is 61.0 Å². The van der Waals surface area contributed by atoms with Gasteiger partial charge in [0.05, 0.1) is 12.1 Å². The first-order chi connectivity index (χ1) is 15.5. The number of hydrogen-bond acceptors (Lipinski definition) is 5. The van der Waals surface area contributed by atoms with Gasteiger partial charge in [0.2, 0.25) is 0 Å². The van der Waals surface area contributed by atoms with Crippen LogP contribution >= 0.6 is 22.9 Å². The van der Waals surface area contributed by atoms with Gasteiger partial charge in [0.25, 0.3) is 5.91 Å². The van der Waals surface area contributed by atoms with Crippen molar-refractivity contribution in [3.05, 3.63) is 94.2 Å². The molecule has 4 aromatic rings. The molecule has 0 radical (unpaired) electrons. The zero-order chi connectivity index (χ0) is 22.5. The lowest BCUT2D eigenvalue weighted by Gasteiger charge is -2.09. The number of anilines is 1. The average molecular weight is 469 g/mol. The van der Waals surface area contributed by atoms with Gasteiger partial charge in [-0.2, -0.15) is 0 Å². The number of nitrogens with zero attached hydrogens (tertiary/aromatic N) is 1. The highest BCUT2D eigenvalue weighted by molar-refractivity contribution is 7.13. The van der Waals surface area contributed by atoms with Crippen molar-refractivity contribution >= 4 is 34.5 Å². The van der Waals surface area contributed by atoms with Gasteiger partial charge in [-0.05, 0) is 48.5 Å². The van der Waals surface area contributed by atoms with E-state index in [9.17, 15) is 9.18 Å². The summed E-state index contributed by atoms with van der Waals surface area (Å²) < 4.78 is 24.7. The zero-order valence-electron chi connectivity index (χ0n) is 17.0. The third-order valence-corrected chi connectivity index (χ3v) is 5.86. The molecule has 0 saturated carbocycles. The normalized spacial score (nSPS) is 10.6. The Bertz CT molecular complexity index is 1220. The fraction of sp³-hybridized carbons (Fsp3) is 0.0833. The van der Waals surface area contributed by atoms with Crippen LogP contribution in [0.25, 0.3) is 10.6 Å². The van der Waals surface area contributed by atoms with E-state index >= 15 is 0 Å². The second-order valence-electron chi connectivity index (χ2n) is 6.74. The number of benzene rings is 3. The van der Waals surface area contributed by atoms with Crippen LogP contribution in [0.2, 0.25) is 5.02 Å². The molecule has 0 saturated heterocycles. The van der Waals surface area contributed by atoms with Crippen molar-refractivity contribution in [2.75, 3.05) is 12.4 Å². The van der Waals surface area contributed by atoms with Crippen molar-refractivity contribution in [3.8, 4) is 22.1 Å². The number of carbonyl (C=O) groups excluding carboxylic acids is 1. The summed E-state index contributed by atoms with van der Waals surface area (Å²) in [5.41, 5.74) is 2.10. The molecular weight excluding hydrogens is 451 g/mol. The van der Waals surface area contributed by atoms with Crippen LogP contribution < -0.4 is 14.8 Å². The highest BCUT2D eigenvalue weighted by Crippen LogP contribution is 2.27. The quantitative estimate of drug-likeness (QED) is 0.339. The molecule has 0 aliphatic carbocycles. The summed E-state index contributed by atoms with van der Waals surface area (Å²) in [7, 11) is 1.57. The third kappa shape index (κ3) is 5.07. The van der Waals surface area contributed by atoms with Gasteiger partial charge in [0, 0.05) is 28.3 Å². The molecule has 4 rings (SSSR count). The molecule has 1 heterocycles. The number of nitrogens with one attached hydrogen (secondary N) is 1. The van der Waals surface area contributed by atoms with Crippen LogP contribution in [0.3, 0.4) is 0 Å². The Morgan fingerprint density at radius 2 is 1.88 bits per heavy atom. The topological polar surface area (TPSA) is 60.5 Å². The minimum absolute atomic E-state index is 0.0245. The van der Waals surface area contributed by atoms with Crippen molar-refractivity contribution in [1.82, 2.24) is 4.98 Å². The van der Waals surface area contributed by atoms with Crippen molar-refractivity contribution in [3.63, 3.8) is 0 Å². The van der Waals surface area contributed by atoms with Crippen molar-refractivity contribution in [2.45, 2.75) is 6.61 Å². The van der Waals surface area contributed by atoms with Crippen LogP contribution in [0.1, 0.15) is 16.1 Å². The first-order valence-corrected chi connectivity index (χ1v) is 10.9. The molecule has 0 spiro atoms. The summed E-state index contributed by atoms with van der Waals surface area (Å²) in [6.45, 7) is 0.0245. The molecular formula is C24H18ClFN2O3S. The van der Waals surface area contributed by atoms with E-state index in [1.165, 1.54) is 17.4 Å². The Kier molecular flexibility index (Phi) is 6.68. The van der Waals surface area contributed by atoms with Gasteiger partial charge < -0.3 is 14.8 Å². The minimum atomic E-state index is -0.406. The largest absolute Gasteiger partial charge is 0.497 e. The second kappa shape index (κ2) is 9.80. The van der Waals surface area contributed by atoms with E-state index < -0.39 is 5.82 Å². The van der Waals surface area contributed by atoms with Gasteiger partial charge in [-0.1, -0.05) is 23.7 Å². The number of hydrogen-bond donors (Lipinski definition) is 1. The number of rotatable bonds is 7. The molecule has 3 aromatic carbocycles. The number of methoxy groups -OCH3 is 1. The van der Waals surface area contributed by atoms with E-state index in [1.807, 2.05) is 12.1 Å². The van der Waals surface area contributed by atoms with Crippen molar-refractivity contribution in [1.29, 1.82) is 0 Å². The van der Waals surface area contributed by atoms with Gasteiger partial charge in [-0.25, -0.2) is 9.37 Å². The molecule has 1 aromatic heterocycles. The Morgan fingerprint density at radius 1 is 1.09 bits per heavy atom. The van der Waals surface area contributed by atoms with Gasteiger partial charge >= 0.3 is 0 Å². The Labute approximate surface area is 193 Å². The summed E-state index contributed by atoms with van der Waals surface area (Å²) in [4.78, 5) is 17.0. The average Bonchev–Trinajstić information content (AvgIpc) is 3.30. The van der Waals surface area contributed by atoms with E-state index in [2.05, 4.69) is 10.3 Å². The maximum Gasteiger partial charge on any atom is 0.275 e. The van der Waals surface area contributed by atoms with Crippen LogP contribution in [0, 0.1) is 5.82 Å². The lowest BCUT2D eigenvalue weighted by atomic mass is 10.2. The highest BCUT2D eigenvalue weighted by atomic mass is 35.5. The van der Waals surface area contributed by atoms with E-state index in [-0.39, 0.29) is 12.5 Å². The number of aromatic nitrogens is 1. The molecule has 0 fully saturated rings. The molecule has 162 valence electrons. The van der Waals surface area contributed by atoms with Crippen LogP contribution in [0.4, 0.5) is 10.1 Å². The second-order valence-corrected chi connectivity index (χ2v) is 8.00. The first kappa shape index (κ1) is 21.8. The van der Waals surface area contributed by atoms with Gasteiger partial charge in [0.15, 0.2) is 0 Å². The highest BCUT2D eigenvalue weighted by Gasteiger charge is 2.13. The fourth-order valence-electron chi connectivity index (χ4n) is 2.93. The van der Waals surface area contributed by atoms with Crippen molar-refractivity contribution < 1.29 is 18.7 Å². The standard InChI is InChI=1S/C24H18ClFN2O3S/c1-30-18-5-2-4-16(12-18)27-23(29)22-14-32-24(28-22)15-8-10-17(11-9-15)31-13-19-20(25)6-3-7-21(19)26/h2-12,14H,13H2,1H3,(H,27,29). The fourth-order valence-corrected chi connectivity index (χ4v) is 3.95. The molecule has 32 heavy (non-hydrogen) atoms. The van der Waals surface area contributed by atoms with Crippen LogP contribution in [-0.4, -0.2) is 18.0 Å². The molecule has 1 amide bonds. The number of amides is 1. The predicted octanol–water partition coefficient (Wildman–Crippen LogP) is 6.44. The lowest BCUT2D eigenvalue weighted by Crippen LogP contribution is -2.12. The SMILES string of the molecule is COc1cccc(NC(=O)c2csc(-c3ccc(OCc4c(F)cccc4Cl)cc3)n2)c1. The predicted molar refractivity (Wildman–Crippen MR) is 124 cm³/mol. The maximum atomic E-state index is 13.9.